The van der Waals surface area contributed by atoms with Gasteiger partial charge in [-0.2, -0.15) is 5.10 Å². The van der Waals surface area contributed by atoms with Gasteiger partial charge in [-0.15, -0.1) is 0 Å². The van der Waals surface area contributed by atoms with Gasteiger partial charge in [0.25, 0.3) is 5.91 Å². The number of hydrogen-bond acceptors (Lipinski definition) is 2. The van der Waals surface area contributed by atoms with Gasteiger partial charge in [-0.3, -0.25) is 9.48 Å². The Balaban J connectivity index is 1.72. The van der Waals surface area contributed by atoms with Gasteiger partial charge >= 0.3 is 0 Å². The van der Waals surface area contributed by atoms with Crippen molar-refractivity contribution in [2.24, 2.45) is 7.05 Å². The lowest BCUT2D eigenvalue weighted by Crippen LogP contribution is -2.15. The molecule has 4 aromatic rings. The number of rotatable bonds is 3. The normalized spacial score (nSPS) is 11.2. The van der Waals surface area contributed by atoms with Gasteiger partial charge in [0.1, 0.15) is 5.82 Å². The molecule has 2 aromatic carbocycles. The highest BCUT2D eigenvalue weighted by Crippen LogP contribution is 2.32. The van der Waals surface area contributed by atoms with Crippen molar-refractivity contribution in [2.45, 2.75) is 20.8 Å². The summed E-state index contributed by atoms with van der Waals surface area (Å²) in [6, 6.07) is 13.7. The number of carbonyl (C=O) groups excluding carboxylic acids is 1. The van der Waals surface area contributed by atoms with Gasteiger partial charge in [0.15, 0.2) is 0 Å². The first kappa shape index (κ1) is 18.5. The fraction of sp³-hybridized carbons (Fsp3) is 0.182. The van der Waals surface area contributed by atoms with Crippen LogP contribution in [-0.2, 0) is 7.05 Å². The largest absolute Gasteiger partial charge is 0.358 e. The van der Waals surface area contributed by atoms with Crippen molar-refractivity contribution >= 4 is 38.6 Å². The van der Waals surface area contributed by atoms with E-state index in [9.17, 15) is 4.79 Å². The molecule has 0 aliphatic rings. The van der Waals surface area contributed by atoms with E-state index < -0.39 is 0 Å². The van der Waals surface area contributed by atoms with Gasteiger partial charge < -0.3 is 10.3 Å². The molecule has 2 aromatic heterocycles. The van der Waals surface area contributed by atoms with Crippen LogP contribution in [0.3, 0.4) is 0 Å². The minimum absolute atomic E-state index is 0.151. The van der Waals surface area contributed by atoms with E-state index in [1.54, 1.807) is 4.68 Å². The first-order valence-electron chi connectivity index (χ1n) is 9.05. The van der Waals surface area contributed by atoms with Gasteiger partial charge in [-0.1, -0.05) is 28.1 Å². The number of anilines is 1. The summed E-state index contributed by atoms with van der Waals surface area (Å²) in [5.41, 5.74) is 6.75. The van der Waals surface area contributed by atoms with Crippen LogP contribution in [0, 0.1) is 20.8 Å². The van der Waals surface area contributed by atoms with Crippen LogP contribution in [0.2, 0.25) is 0 Å². The zero-order chi connectivity index (χ0) is 20.0. The predicted octanol–water partition coefficient (Wildman–Crippen LogP) is 5.51. The summed E-state index contributed by atoms with van der Waals surface area (Å²) < 4.78 is 2.73. The molecule has 1 amide bonds. The Morgan fingerprint density at radius 2 is 1.82 bits per heavy atom. The van der Waals surface area contributed by atoms with Crippen molar-refractivity contribution in [1.29, 1.82) is 0 Å². The number of H-pyrrole nitrogens is 1. The molecule has 0 spiro atoms. The molecule has 6 heteroatoms. The number of amides is 1. The average molecular weight is 437 g/mol. The topological polar surface area (TPSA) is 62.7 Å². The van der Waals surface area contributed by atoms with Crippen LogP contribution < -0.4 is 5.32 Å². The molecule has 0 bridgehead atoms. The molecule has 0 saturated heterocycles. The van der Waals surface area contributed by atoms with Crippen molar-refractivity contribution < 1.29 is 4.79 Å². The molecule has 5 nitrogen and oxygen atoms in total. The maximum atomic E-state index is 13.0. The van der Waals surface area contributed by atoms with Gasteiger partial charge in [-0.25, -0.2) is 0 Å². The molecular formula is C22H21BrN4O. The third-order valence-electron chi connectivity index (χ3n) is 5.16. The maximum absolute atomic E-state index is 13.0. The highest BCUT2D eigenvalue weighted by Gasteiger charge is 2.18. The second kappa shape index (κ2) is 6.95. The fourth-order valence-electron chi connectivity index (χ4n) is 3.55. The third kappa shape index (κ3) is 3.14. The van der Waals surface area contributed by atoms with E-state index >= 15 is 0 Å². The molecule has 2 N–H and O–H groups in total. The molecule has 142 valence electrons. The number of carbonyl (C=O) groups is 1. The molecule has 28 heavy (non-hydrogen) atoms. The van der Waals surface area contributed by atoms with Gasteiger partial charge in [-0.05, 0) is 62.2 Å². The number of aromatic amines is 1. The molecule has 0 saturated carbocycles. The van der Waals surface area contributed by atoms with E-state index in [-0.39, 0.29) is 5.91 Å². The Morgan fingerprint density at radius 1 is 1.11 bits per heavy atom. The summed E-state index contributed by atoms with van der Waals surface area (Å²) in [5.74, 6) is 0.536. The number of halogens is 1. The Hall–Kier alpha value is -2.86. The third-order valence-corrected chi connectivity index (χ3v) is 5.69. The smallest absolute Gasteiger partial charge is 0.256 e. The highest BCUT2D eigenvalue weighted by atomic mass is 79.9. The molecular weight excluding hydrogens is 416 g/mol. The number of aromatic nitrogens is 3. The molecule has 0 unspecified atom stereocenters. The van der Waals surface area contributed by atoms with Crippen LogP contribution in [0.15, 0.2) is 46.9 Å². The molecule has 4 rings (SSSR count). The van der Waals surface area contributed by atoms with Crippen molar-refractivity contribution in [3.05, 3.63) is 69.5 Å². The minimum Gasteiger partial charge on any atom is -0.358 e. The van der Waals surface area contributed by atoms with E-state index in [4.69, 9.17) is 0 Å². The Kier molecular flexibility index (Phi) is 4.59. The first-order valence-corrected chi connectivity index (χ1v) is 9.84. The lowest BCUT2D eigenvalue weighted by molar-refractivity contribution is 0.102. The van der Waals surface area contributed by atoms with Gasteiger partial charge in [0.05, 0.1) is 5.69 Å². The van der Waals surface area contributed by atoms with Gasteiger partial charge in [0.2, 0.25) is 0 Å². The fourth-order valence-corrected chi connectivity index (χ4v) is 3.81. The van der Waals surface area contributed by atoms with E-state index in [2.05, 4.69) is 38.3 Å². The second-order valence-electron chi connectivity index (χ2n) is 7.03. The summed E-state index contributed by atoms with van der Waals surface area (Å²) in [7, 11) is 1.84. The van der Waals surface area contributed by atoms with Crippen LogP contribution >= 0.6 is 15.9 Å². The lowest BCUT2D eigenvalue weighted by atomic mass is 10.1. The SMILES string of the molecule is Cc1nn(C)c(NC(=O)c2ccc3[nH]c(C)c(C)c3c2)c1-c1ccc(Br)cc1. The molecule has 0 aliphatic heterocycles. The predicted molar refractivity (Wildman–Crippen MR) is 117 cm³/mol. The Bertz CT molecular complexity index is 1200. The maximum Gasteiger partial charge on any atom is 0.256 e. The molecule has 0 radical (unpaired) electrons. The van der Waals surface area contributed by atoms with Crippen LogP contribution in [0.25, 0.3) is 22.0 Å². The minimum atomic E-state index is -0.151. The quantitative estimate of drug-likeness (QED) is 0.444. The monoisotopic (exact) mass is 436 g/mol. The summed E-state index contributed by atoms with van der Waals surface area (Å²) in [5, 5.41) is 8.64. The van der Waals surface area contributed by atoms with Crippen molar-refractivity contribution in [3.8, 4) is 11.1 Å². The van der Waals surface area contributed by atoms with Crippen LogP contribution in [-0.4, -0.2) is 20.7 Å². The number of benzene rings is 2. The van der Waals surface area contributed by atoms with E-state index in [0.717, 1.165) is 43.5 Å². The second-order valence-corrected chi connectivity index (χ2v) is 7.94. The van der Waals surface area contributed by atoms with E-state index in [1.807, 2.05) is 63.4 Å². The number of hydrogen-bond donors (Lipinski definition) is 2. The lowest BCUT2D eigenvalue weighted by Gasteiger charge is -2.10. The van der Waals surface area contributed by atoms with E-state index in [0.29, 0.717) is 11.4 Å². The van der Waals surface area contributed by atoms with Gasteiger partial charge in [0, 0.05) is 39.2 Å². The zero-order valence-electron chi connectivity index (χ0n) is 16.2. The zero-order valence-corrected chi connectivity index (χ0v) is 17.8. The summed E-state index contributed by atoms with van der Waals surface area (Å²) in [4.78, 5) is 16.3. The summed E-state index contributed by atoms with van der Waals surface area (Å²) >= 11 is 3.47. The summed E-state index contributed by atoms with van der Waals surface area (Å²) in [6.07, 6.45) is 0. The standard InChI is InChI=1S/C22H21BrN4O/c1-12-13(2)24-19-10-7-16(11-18(12)19)22(28)25-21-20(14(3)26-27(21)4)15-5-8-17(23)9-6-15/h5-11,24H,1-4H3,(H,25,28). The Labute approximate surface area is 171 Å². The number of aryl methyl sites for hydroxylation is 4. The first-order chi connectivity index (χ1) is 13.3. The highest BCUT2D eigenvalue weighted by molar-refractivity contribution is 9.10. The van der Waals surface area contributed by atoms with E-state index in [1.165, 1.54) is 0 Å². The number of fused-ring (bicyclic) bond motifs is 1. The Morgan fingerprint density at radius 3 is 2.54 bits per heavy atom. The van der Waals surface area contributed by atoms with Crippen LogP contribution in [0.4, 0.5) is 5.82 Å². The van der Waals surface area contributed by atoms with Crippen LogP contribution in [0.5, 0.6) is 0 Å². The van der Waals surface area contributed by atoms with Crippen LogP contribution in [0.1, 0.15) is 27.3 Å². The number of nitrogens with zero attached hydrogens (tertiary/aromatic N) is 2. The van der Waals surface area contributed by atoms with Crippen molar-refractivity contribution in [2.75, 3.05) is 5.32 Å². The molecule has 0 atom stereocenters. The molecule has 2 heterocycles. The van der Waals surface area contributed by atoms with Crippen molar-refractivity contribution in [3.63, 3.8) is 0 Å². The number of nitrogens with one attached hydrogen (secondary N) is 2. The summed E-state index contributed by atoms with van der Waals surface area (Å²) in [6.45, 7) is 6.05. The average Bonchev–Trinajstić information content (AvgIpc) is 3.11. The molecule has 0 fully saturated rings. The molecule has 0 aliphatic carbocycles. The van der Waals surface area contributed by atoms with Crippen molar-refractivity contribution in [1.82, 2.24) is 14.8 Å².